The first kappa shape index (κ1) is 13.9. The van der Waals surface area contributed by atoms with Gasteiger partial charge in [-0.15, -0.1) is 11.3 Å². The molecule has 2 aromatic rings. The molecule has 19 heavy (non-hydrogen) atoms. The molecule has 3 N–H and O–H groups in total. The van der Waals surface area contributed by atoms with Crippen molar-refractivity contribution in [1.82, 2.24) is 5.32 Å². The van der Waals surface area contributed by atoms with Crippen molar-refractivity contribution in [3.63, 3.8) is 0 Å². The van der Waals surface area contributed by atoms with Gasteiger partial charge in [0.05, 0.1) is 7.11 Å². The zero-order valence-electron chi connectivity index (χ0n) is 11.6. The Morgan fingerprint density at radius 2 is 2.16 bits per heavy atom. The summed E-state index contributed by atoms with van der Waals surface area (Å²) in [6, 6.07) is 8.40. The summed E-state index contributed by atoms with van der Waals surface area (Å²) in [5.74, 6) is 0.921. The van der Waals surface area contributed by atoms with Gasteiger partial charge in [0.1, 0.15) is 5.75 Å². The fraction of sp³-hybridized carbons (Fsp3) is 0.333. The molecule has 1 aromatic heterocycles. The van der Waals surface area contributed by atoms with Crippen LogP contribution in [0, 0.1) is 6.92 Å². The maximum atomic E-state index is 5.89. The van der Waals surface area contributed by atoms with E-state index in [0.29, 0.717) is 0 Å². The van der Waals surface area contributed by atoms with Crippen molar-refractivity contribution < 1.29 is 4.74 Å². The van der Waals surface area contributed by atoms with E-state index in [1.54, 1.807) is 18.4 Å². The SMILES string of the molecule is COc1ccc(C)cc1C(C)NCc1sccc1N. The first-order chi connectivity index (χ1) is 9.11. The third-order valence-electron chi connectivity index (χ3n) is 3.20. The quantitative estimate of drug-likeness (QED) is 0.878. The van der Waals surface area contributed by atoms with Gasteiger partial charge in [0.15, 0.2) is 0 Å². The molecular formula is C15H20N2OS. The molecule has 0 spiro atoms. The number of thiophene rings is 1. The molecule has 2 rings (SSSR count). The van der Waals surface area contributed by atoms with E-state index >= 15 is 0 Å². The molecule has 0 bridgehead atoms. The van der Waals surface area contributed by atoms with Crippen LogP contribution in [0.25, 0.3) is 0 Å². The minimum absolute atomic E-state index is 0.219. The third-order valence-corrected chi connectivity index (χ3v) is 4.14. The highest BCUT2D eigenvalue weighted by atomic mass is 32.1. The smallest absolute Gasteiger partial charge is 0.123 e. The largest absolute Gasteiger partial charge is 0.496 e. The van der Waals surface area contributed by atoms with E-state index in [9.17, 15) is 0 Å². The standard InChI is InChI=1S/C15H20N2OS/c1-10-4-5-14(18-3)12(8-10)11(2)17-9-15-13(16)6-7-19-15/h4-8,11,17H,9,16H2,1-3H3. The lowest BCUT2D eigenvalue weighted by Gasteiger charge is -2.18. The first-order valence-electron chi connectivity index (χ1n) is 6.31. The predicted molar refractivity (Wildman–Crippen MR) is 81.7 cm³/mol. The van der Waals surface area contributed by atoms with E-state index in [1.807, 2.05) is 17.5 Å². The van der Waals surface area contributed by atoms with Gasteiger partial charge in [-0.25, -0.2) is 0 Å². The van der Waals surface area contributed by atoms with Gasteiger partial charge in [0.2, 0.25) is 0 Å². The molecule has 1 atom stereocenters. The summed E-state index contributed by atoms with van der Waals surface area (Å²) in [6.45, 7) is 5.01. The number of hydrogen-bond acceptors (Lipinski definition) is 4. The van der Waals surface area contributed by atoms with E-state index in [4.69, 9.17) is 10.5 Å². The van der Waals surface area contributed by atoms with Crippen molar-refractivity contribution in [3.05, 3.63) is 45.6 Å². The lowest BCUT2D eigenvalue weighted by atomic mass is 10.0. The van der Waals surface area contributed by atoms with Gasteiger partial charge < -0.3 is 15.8 Å². The van der Waals surface area contributed by atoms with Crippen LogP contribution in [-0.4, -0.2) is 7.11 Å². The van der Waals surface area contributed by atoms with E-state index in [1.165, 1.54) is 16.0 Å². The molecule has 0 aliphatic rings. The predicted octanol–water partition coefficient (Wildman–Crippen LogP) is 3.50. The van der Waals surface area contributed by atoms with Crippen LogP contribution in [-0.2, 0) is 6.54 Å². The molecule has 0 fully saturated rings. The topological polar surface area (TPSA) is 47.3 Å². The molecular weight excluding hydrogens is 256 g/mol. The molecule has 1 unspecified atom stereocenters. The fourth-order valence-corrected chi connectivity index (χ4v) is 2.79. The van der Waals surface area contributed by atoms with Gasteiger partial charge in [0.25, 0.3) is 0 Å². The number of benzene rings is 1. The molecule has 102 valence electrons. The van der Waals surface area contributed by atoms with Crippen LogP contribution < -0.4 is 15.8 Å². The van der Waals surface area contributed by atoms with Crippen molar-refractivity contribution in [2.24, 2.45) is 0 Å². The van der Waals surface area contributed by atoms with Crippen molar-refractivity contribution in [1.29, 1.82) is 0 Å². The highest BCUT2D eigenvalue weighted by molar-refractivity contribution is 7.10. The normalized spacial score (nSPS) is 12.4. The molecule has 3 nitrogen and oxygen atoms in total. The van der Waals surface area contributed by atoms with E-state index in [0.717, 1.165) is 18.0 Å². The van der Waals surface area contributed by atoms with Crippen LogP contribution in [0.3, 0.4) is 0 Å². The Kier molecular flexibility index (Phi) is 4.45. The number of methoxy groups -OCH3 is 1. The number of ether oxygens (including phenoxy) is 1. The number of aryl methyl sites for hydroxylation is 1. The number of hydrogen-bond donors (Lipinski definition) is 2. The molecule has 0 saturated heterocycles. The van der Waals surface area contributed by atoms with E-state index in [2.05, 4.69) is 31.3 Å². The number of nitrogens with two attached hydrogens (primary N) is 1. The Hall–Kier alpha value is -1.52. The number of nitrogen functional groups attached to an aromatic ring is 1. The van der Waals surface area contributed by atoms with Crippen molar-refractivity contribution >= 4 is 17.0 Å². The Labute approximate surface area is 118 Å². The highest BCUT2D eigenvalue weighted by Gasteiger charge is 2.12. The lowest BCUT2D eigenvalue weighted by Crippen LogP contribution is -2.18. The lowest BCUT2D eigenvalue weighted by molar-refractivity contribution is 0.401. The zero-order valence-corrected chi connectivity index (χ0v) is 12.4. The minimum Gasteiger partial charge on any atom is -0.496 e. The average Bonchev–Trinajstić information content (AvgIpc) is 2.81. The average molecular weight is 276 g/mol. The van der Waals surface area contributed by atoms with Gasteiger partial charge in [-0.1, -0.05) is 17.7 Å². The molecule has 0 aliphatic carbocycles. The van der Waals surface area contributed by atoms with Crippen LogP contribution in [0.2, 0.25) is 0 Å². The van der Waals surface area contributed by atoms with Gasteiger partial charge in [-0.3, -0.25) is 0 Å². The van der Waals surface area contributed by atoms with Crippen LogP contribution in [0.1, 0.15) is 29.0 Å². The minimum atomic E-state index is 0.219. The fourth-order valence-electron chi connectivity index (χ4n) is 2.04. The molecule has 1 heterocycles. The summed E-state index contributed by atoms with van der Waals surface area (Å²) < 4.78 is 5.42. The second-order valence-corrected chi connectivity index (χ2v) is 5.65. The molecule has 0 saturated carbocycles. The van der Waals surface area contributed by atoms with Gasteiger partial charge in [-0.2, -0.15) is 0 Å². The second kappa shape index (κ2) is 6.08. The number of nitrogens with one attached hydrogen (secondary N) is 1. The molecule has 1 aromatic carbocycles. The van der Waals surface area contributed by atoms with E-state index < -0.39 is 0 Å². The molecule has 0 radical (unpaired) electrons. The summed E-state index contributed by atoms with van der Waals surface area (Å²) in [5, 5.41) is 5.51. The second-order valence-electron chi connectivity index (χ2n) is 4.65. The Bertz CT molecular complexity index is 551. The first-order valence-corrected chi connectivity index (χ1v) is 7.19. The highest BCUT2D eigenvalue weighted by Crippen LogP contribution is 2.27. The Morgan fingerprint density at radius 1 is 1.37 bits per heavy atom. The molecule has 4 heteroatoms. The van der Waals surface area contributed by atoms with E-state index in [-0.39, 0.29) is 6.04 Å². The third kappa shape index (κ3) is 3.28. The zero-order chi connectivity index (χ0) is 13.8. The van der Waals surface area contributed by atoms with Crippen LogP contribution >= 0.6 is 11.3 Å². The van der Waals surface area contributed by atoms with Gasteiger partial charge >= 0.3 is 0 Å². The monoisotopic (exact) mass is 276 g/mol. The van der Waals surface area contributed by atoms with Crippen LogP contribution in [0.4, 0.5) is 5.69 Å². The van der Waals surface area contributed by atoms with Crippen molar-refractivity contribution in [2.75, 3.05) is 12.8 Å². The summed E-state index contributed by atoms with van der Waals surface area (Å²) in [6.07, 6.45) is 0. The Balaban J connectivity index is 2.09. The molecule has 0 amide bonds. The Morgan fingerprint density at radius 3 is 2.79 bits per heavy atom. The van der Waals surface area contributed by atoms with Gasteiger partial charge in [-0.05, 0) is 31.4 Å². The maximum Gasteiger partial charge on any atom is 0.123 e. The molecule has 0 aliphatic heterocycles. The van der Waals surface area contributed by atoms with Crippen molar-refractivity contribution in [3.8, 4) is 5.75 Å². The summed E-state index contributed by atoms with van der Waals surface area (Å²) in [5.41, 5.74) is 9.17. The number of anilines is 1. The maximum absolute atomic E-state index is 5.89. The summed E-state index contributed by atoms with van der Waals surface area (Å²) >= 11 is 1.68. The van der Waals surface area contributed by atoms with Crippen LogP contribution in [0.5, 0.6) is 5.75 Å². The van der Waals surface area contributed by atoms with Crippen LogP contribution in [0.15, 0.2) is 29.6 Å². The number of rotatable bonds is 5. The van der Waals surface area contributed by atoms with Crippen molar-refractivity contribution in [2.45, 2.75) is 26.4 Å². The summed E-state index contributed by atoms with van der Waals surface area (Å²) in [4.78, 5) is 1.18. The van der Waals surface area contributed by atoms with Gasteiger partial charge in [0, 0.05) is 28.7 Å². The summed E-state index contributed by atoms with van der Waals surface area (Å²) in [7, 11) is 1.71.